The van der Waals surface area contributed by atoms with Crippen molar-refractivity contribution in [3.05, 3.63) is 34.7 Å². The van der Waals surface area contributed by atoms with Crippen molar-refractivity contribution in [1.29, 1.82) is 0 Å². The van der Waals surface area contributed by atoms with Crippen LogP contribution in [0.25, 0.3) is 11.0 Å². The zero-order valence-electron chi connectivity index (χ0n) is 17.8. The molecule has 0 radical (unpaired) electrons. The van der Waals surface area contributed by atoms with Crippen LogP contribution in [-0.2, 0) is 23.8 Å². The van der Waals surface area contributed by atoms with Gasteiger partial charge in [0, 0.05) is 32.4 Å². The van der Waals surface area contributed by atoms with Crippen molar-refractivity contribution in [2.24, 2.45) is 0 Å². The van der Waals surface area contributed by atoms with Crippen LogP contribution in [0.4, 0.5) is 5.69 Å². The van der Waals surface area contributed by atoms with Crippen LogP contribution in [0.15, 0.2) is 33.5 Å². The molecular formula is C21H25NO9. The molecule has 1 aliphatic rings. The number of benzene rings is 1. The number of anilines is 1. The minimum atomic E-state index is -1.34. The lowest BCUT2D eigenvalue weighted by Gasteiger charge is -2.47. The van der Waals surface area contributed by atoms with Gasteiger partial charge in [0.05, 0.1) is 5.60 Å². The molecule has 10 nitrogen and oxygen atoms in total. The number of nitrogens with one attached hydrogen (secondary N) is 1. The molecule has 31 heavy (non-hydrogen) atoms. The van der Waals surface area contributed by atoms with Gasteiger partial charge in [0.25, 0.3) is 0 Å². The van der Waals surface area contributed by atoms with Gasteiger partial charge in [0.1, 0.15) is 23.1 Å². The lowest BCUT2D eigenvalue weighted by molar-refractivity contribution is -0.308. The normalized spacial score (nSPS) is 25.1. The van der Waals surface area contributed by atoms with Crippen molar-refractivity contribution in [3.63, 3.8) is 0 Å². The molecule has 1 aromatic carbocycles. The van der Waals surface area contributed by atoms with Gasteiger partial charge in [-0.3, -0.25) is 9.59 Å². The first-order valence-electron chi connectivity index (χ1n) is 9.60. The van der Waals surface area contributed by atoms with Crippen LogP contribution in [-0.4, -0.2) is 54.3 Å². The molecule has 2 N–H and O–H groups in total. The minimum Gasteiger partial charge on any atom is -0.462 e. The summed E-state index contributed by atoms with van der Waals surface area (Å²) in [5, 5.41) is 13.7. The highest BCUT2D eigenvalue weighted by Crippen LogP contribution is 2.34. The van der Waals surface area contributed by atoms with E-state index in [2.05, 4.69) is 5.32 Å². The molecule has 1 unspecified atom stereocenters. The molecular weight excluding hydrogens is 410 g/mol. The maximum Gasteiger partial charge on any atom is 0.360 e. The first-order chi connectivity index (χ1) is 14.5. The average molecular weight is 435 g/mol. The highest BCUT2D eigenvalue weighted by atomic mass is 16.7. The van der Waals surface area contributed by atoms with E-state index in [0.29, 0.717) is 5.39 Å². The number of carbonyl (C=O) groups is 2. The van der Waals surface area contributed by atoms with Crippen LogP contribution in [0.1, 0.15) is 27.7 Å². The molecule has 0 spiro atoms. The number of aliphatic hydroxyl groups excluding tert-OH is 1. The van der Waals surface area contributed by atoms with E-state index in [0.717, 1.165) is 0 Å². The maximum absolute atomic E-state index is 12.1. The average Bonchev–Trinajstić information content (AvgIpc) is 2.65. The Kier molecular flexibility index (Phi) is 6.35. The van der Waals surface area contributed by atoms with Crippen molar-refractivity contribution in [2.75, 3.05) is 12.4 Å². The fourth-order valence-corrected chi connectivity index (χ4v) is 3.58. The highest BCUT2D eigenvalue weighted by Gasteiger charge is 2.53. The summed E-state index contributed by atoms with van der Waals surface area (Å²) in [7, 11) is 1.43. The first kappa shape index (κ1) is 22.7. The number of hydrogen-bond donors (Lipinski definition) is 2. The van der Waals surface area contributed by atoms with E-state index in [-0.39, 0.29) is 17.0 Å². The Morgan fingerprint density at radius 2 is 1.90 bits per heavy atom. The number of aliphatic hydroxyl groups is 1. The summed E-state index contributed by atoms with van der Waals surface area (Å²) in [6.45, 7) is 5.97. The summed E-state index contributed by atoms with van der Waals surface area (Å²) >= 11 is 0. The molecule has 10 heteroatoms. The van der Waals surface area contributed by atoms with Gasteiger partial charge in [0.2, 0.25) is 12.2 Å². The van der Waals surface area contributed by atoms with Gasteiger partial charge in [-0.05, 0) is 32.0 Å². The monoisotopic (exact) mass is 435 g/mol. The lowest BCUT2D eigenvalue weighted by atomic mass is 9.89. The lowest BCUT2D eigenvalue weighted by Crippen LogP contribution is -2.64. The number of rotatable bonds is 5. The quantitative estimate of drug-likeness (QED) is 0.530. The van der Waals surface area contributed by atoms with Crippen LogP contribution >= 0.6 is 0 Å². The van der Waals surface area contributed by atoms with Crippen molar-refractivity contribution in [2.45, 2.75) is 57.9 Å². The third-order valence-corrected chi connectivity index (χ3v) is 4.85. The van der Waals surface area contributed by atoms with Gasteiger partial charge in [-0.1, -0.05) is 0 Å². The molecule has 0 aliphatic carbocycles. The summed E-state index contributed by atoms with van der Waals surface area (Å²) in [5.74, 6) is -0.723. The van der Waals surface area contributed by atoms with Crippen LogP contribution in [0.3, 0.4) is 0 Å². The van der Waals surface area contributed by atoms with Crippen LogP contribution in [0, 0.1) is 0 Å². The number of hydrogen-bond acceptors (Lipinski definition) is 9. The molecule has 2 heterocycles. The molecule has 168 valence electrons. The molecule has 3 rings (SSSR count). The van der Waals surface area contributed by atoms with E-state index in [4.69, 9.17) is 23.4 Å². The molecule has 1 fully saturated rings. The SMILES string of the molecule is CO[C@@H]1[C@H](OC(C)=O)[C@H](O)C(Oc2ccc3cc(NC(C)=O)c(=O)oc3c2)OC1(C)C. The van der Waals surface area contributed by atoms with Crippen LogP contribution in [0.2, 0.25) is 0 Å². The van der Waals surface area contributed by atoms with E-state index in [1.807, 2.05) is 0 Å². The van der Waals surface area contributed by atoms with E-state index < -0.39 is 47.7 Å². The van der Waals surface area contributed by atoms with Crippen molar-refractivity contribution >= 4 is 28.5 Å². The predicted molar refractivity (Wildman–Crippen MR) is 109 cm³/mol. The third-order valence-electron chi connectivity index (χ3n) is 4.85. The molecule has 1 amide bonds. The summed E-state index contributed by atoms with van der Waals surface area (Å²) in [6.07, 6.45) is -4.27. The van der Waals surface area contributed by atoms with Gasteiger partial charge in [-0.15, -0.1) is 0 Å². The second kappa shape index (κ2) is 8.66. The number of methoxy groups -OCH3 is 1. The Balaban J connectivity index is 1.88. The summed E-state index contributed by atoms with van der Waals surface area (Å²) < 4.78 is 27.6. The van der Waals surface area contributed by atoms with E-state index in [1.165, 1.54) is 33.1 Å². The van der Waals surface area contributed by atoms with E-state index >= 15 is 0 Å². The number of amides is 1. The zero-order chi connectivity index (χ0) is 22.9. The maximum atomic E-state index is 12.1. The molecule has 1 aliphatic heterocycles. The highest BCUT2D eigenvalue weighted by molar-refractivity contribution is 5.91. The molecule has 1 saturated heterocycles. The standard InChI is InChI=1S/C21H25NO9/c1-10(23)22-14-8-12-6-7-13(9-15(12)30-19(14)26)29-20-16(25)17(28-11(2)24)18(27-5)21(3,4)31-20/h6-9,16-18,20,25H,1-5H3,(H,22,23)/t16-,17+,18+,20?/m0/s1. The molecule has 1 aromatic heterocycles. The third kappa shape index (κ3) is 4.87. The Morgan fingerprint density at radius 1 is 1.19 bits per heavy atom. The van der Waals surface area contributed by atoms with E-state index in [9.17, 15) is 19.5 Å². The van der Waals surface area contributed by atoms with E-state index in [1.54, 1.807) is 26.0 Å². The Labute approximate surface area is 178 Å². The Bertz CT molecular complexity index is 1040. The summed E-state index contributed by atoms with van der Waals surface area (Å²) in [4.78, 5) is 34.8. The first-order valence-corrected chi connectivity index (χ1v) is 9.60. The van der Waals surface area contributed by atoms with Crippen molar-refractivity contribution in [3.8, 4) is 5.75 Å². The zero-order valence-corrected chi connectivity index (χ0v) is 17.8. The number of esters is 1. The summed E-state index contributed by atoms with van der Waals surface area (Å²) in [6, 6.07) is 6.16. The number of fused-ring (bicyclic) bond motifs is 1. The molecule has 0 saturated carbocycles. The van der Waals surface area contributed by atoms with Gasteiger partial charge < -0.3 is 33.8 Å². The number of carbonyl (C=O) groups excluding carboxylic acids is 2. The van der Waals surface area contributed by atoms with Crippen LogP contribution in [0.5, 0.6) is 5.75 Å². The van der Waals surface area contributed by atoms with Gasteiger partial charge in [-0.2, -0.15) is 0 Å². The van der Waals surface area contributed by atoms with Gasteiger partial charge in [0.15, 0.2) is 12.2 Å². The number of ether oxygens (including phenoxy) is 4. The topological polar surface area (TPSA) is 134 Å². The predicted octanol–water partition coefficient (Wildman–Crippen LogP) is 1.57. The second-order valence-corrected chi connectivity index (χ2v) is 7.76. The molecule has 4 atom stereocenters. The smallest absolute Gasteiger partial charge is 0.360 e. The fraction of sp³-hybridized carbons (Fsp3) is 0.476. The molecule has 0 bridgehead atoms. The minimum absolute atomic E-state index is 0.0243. The van der Waals surface area contributed by atoms with Gasteiger partial charge >= 0.3 is 11.6 Å². The molecule has 2 aromatic rings. The Morgan fingerprint density at radius 3 is 2.52 bits per heavy atom. The van der Waals surface area contributed by atoms with Crippen molar-refractivity contribution < 1.29 is 38.1 Å². The Hall–Kier alpha value is -2.95. The van der Waals surface area contributed by atoms with Crippen molar-refractivity contribution in [1.82, 2.24) is 0 Å². The second-order valence-electron chi connectivity index (χ2n) is 7.76. The largest absolute Gasteiger partial charge is 0.462 e. The van der Waals surface area contributed by atoms with Crippen LogP contribution < -0.4 is 15.7 Å². The van der Waals surface area contributed by atoms with Gasteiger partial charge in [-0.25, -0.2) is 4.79 Å². The summed E-state index contributed by atoms with van der Waals surface area (Å²) in [5.41, 5.74) is -1.42. The fourth-order valence-electron chi connectivity index (χ4n) is 3.58.